The van der Waals surface area contributed by atoms with Crippen LogP contribution in [0.5, 0.6) is 5.75 Å². The molecule has 2 aromatic carbocycles. The molecule has 0 saturated heterocycles. The van der Waals surface area contributed by atoms with E-state index in [-0.39, 0.29) is 9.35 Å². The van der Waals surface area contributed by atoms with E-state index in [1.165, 1.54) is 29.2 Å². The van der Waals surface area contributed by atoms with E-state index in [1.807, 2.05) is 32.9 Å². The third-order valence-corrected chi connectivity index (χ3v) is 9.27. The highest BCUT2D eigenvalue weighted by atomic mass is 127. The molecule has 0 bridgehead atoms. The number of fused-ring (bicyclic) bond motifs is 1. The predicted octanol–water partition coefficient (Wildman–Crippen LogP) is 6.61. The number of halogens is 4. The highest BCUT2D eigenvalue weighted by Crippen LogP contribution is 2.44. The van der Waals surface area contributed by atoms with Gasteiger partial charge in [0.2, 0.25) is 0 Å². The lowest BCUT2D eigenvalue weighted by Gasteiger charge is -2.12. The molecule has 11 heteroatoms. The summed E-state index contributed by atoms with van der Waals surface area (Å²) >= 11 is 4.30. The number of rotatable bonds is 5. The molecule has 3 aromatic rings. The summed E-state index contributed by atoms with van der Waals surface area (Å²) in [6, 6.07) is 6.42. The highest BCUT2D eigenvalue weighted by Gasteiger charge is 2.48. The number of benzene rings is 2. The van der Waals surface area contributed by atoms with Crippen molar-refractivity contribution in [1.82, 2.24) is 0 Å². The largest absolute Gasteiger partial charge is 0.534 e. The number of thiophene rings is 1. The molecule has 0 amide bonds. The Balaban J connectivity index is 2.20. The minimum Gasteiger partial charge on any atom is -0.375 e. The zero-order chi connectivity index (χ0) is 23.3. The first kappa shape index (κ1) is 24.3. The fourth-order valence-corrected chi connectivity index (χ4v) is 6.82. The maximum absolute atomic E-state index is 13.5. The van der Waals surface area contributed by atoms with E-state index in [2.05, 4.69) is 4.18 Å². The molecule has 4 nitrogen and oxygen atoms in total. The molecule has 0 fully saturated rings. The Hall–Kier alpha value is -1.31. The van der Waals surface area contributed by atoms with Gasteiger partial charge < -0.3 is 4.18 Å². The van der Waals surface area contributed by atoms with Crippen molar-refractivity contribution in [1.29, 1.82) is 0 Å². The van der Waals surface area contributed by atoms with E-state index in [4.69, 9.17) is 0 Å². The number of carbonyl (C=O) groups excluding carboxylic acids is 1. The lowest BCUT2D eigenvalue weighted by atomic mass is 9.93. The van der Waals surface area contributed by atoms with E-state index in [9.17, 15) is 26.4 Å². The summed E-state index contributed by atoms with van der Waals surface area (Å²) in [6.07, 6.45) is 1.80. The van der Waals surface area contributed by atoms with Crippen molar-refractivity contribution in [3.63, 3.8) is 0 Å². The first-order valence-electron chi connectivity index (χ1n) is 8.70. The van der Waals surface area contributed by atoms with Crippen molar-refractivity contribution in [3.05, 3.63) is 55.7 Å². The van der Waals surface area contributed by atoms with Crippen molar-refractivity contribution in [2.75, 3.05) is 6.26 Å². The molecule has 0 radical (unpaired) electrons. The van der Waals surface area contributed by atoms with Gasteiger partial charge in [0, 0.05) is 10.9 Å². The Kier molecular flexibility index (Phi) is 6.72. The van der Waals surface area contributed by atoms with Crippen molar-refractivity contribution >= 4 is 71.7 Å². The molecule has 0 N–H and O–H groups in total. The van der Waals surface area contributed by atoms with E-state index in [0.29, 0.717) is 25.4 Å². The first-order valence-corrected chi connectivity index (χ1v) is 13.2. The molecule has 3 rings (SSSR count). The van der Waals surface area contributed by atoms with Crippen LogP contribution in [-0.2, 0) is 10.1 Å². The van der Waals surface area contributed by atoms with Crippen LogP contribution in [0.3, 0.4) is 0 Å². The molecule has 0 spiro atoms. The Morgan fingerprint density at radius 1 is 1.10 bits per heavy atom. The number of alkyl halides is 3. The van der Waals surface area contributed by atoms with Crippen LogP contribution in [0.4, 0.5) is 13.2 Å². The molecule has 166 valence electrons. The van der Waals surface area contributed by atoms with Gasteiger partial charge in [-0.2, -0.15) is 21.6 Å². The van der Waals surface area contributed by atoms with Crippen molar-refractivity contribution in [3.8, 4) is 5.75 Å². The maximum atomic E-state index is 13.5. The summed E-state index contributed by atoms with van der Waals surface area (Å²) in [5.74, 6) is -0.612. The minimum absolute atomic E-state index is 0.182. The quantitative estimate of drug-likeness (QED) is 0.109. The second-order valence-corrected chi connectivity index (χ2v) is 11.5. The van der Waals surface area contributed by atoms with Gasteiger partial charge in [0.15, 0.2) is 11.5 Å². The van der Waals surface area contributed by atoms with Gasteiger partial charge in [-0.15, -0.1) is 23.1 Å². The summed E-state index contributed by atoms with van der Waals surface area (Å²) in [7, 11) is -5.80. The van der Waals surface area contributed by atoms with Gasteiger partial charge in [-0.3, -0.25) is 4.79 Å². The third kappa shape index (κ3) is 4.46. The first-order chi connectivity index (χ1) is 14.3. The van der Waals surface area contributed by atoms with Gasteiger partial charge in [-0.25, -0.2) is 0 Å². The van der Waals surface area contributed by atoms with E-state index in [1.54, 1.807) is 28.8 Å². The van der Waals surface area contributed by atoms with Crippen LogP contribution >= 0.6 is 45.7 Å². The summed E-state index contributed by atoms with van der Waals surface area (Å²) in [6.45, 7) is 5.66. The average molecular weight is 600 g/mol. The summed E-state index contributed by atoms with van der Waals surface area (Å²) in [5.41, 5.74) is -1.80. The van der Waals surface area contributed by atoms with Gasteiger partial charge in [0.05, 0.1) is 18.0 Å². The highest BCUT2D eigenvalue weighted by molar-refractivity contribution is 14.1. The van der Waals surface area contributed by atoms with Crippen LogP contribution in [0.1, 0.15) is 32.6 Å². The van der Waals surface area contributed by atoms with Crippen LogP contribution in [0.15, 0.2) is 28.5 Å². The van der Waals surface area contributed by atoms with Crippen LogP contribution < -0.4 is 4.18 Å². The lowest BCUT2D eigenvalue weighted by molar-refractivity contribution is -0.0500. The van der Waals surface area contributed by atoms with Crippen LogP contribution in [-0.4, -0.2) is 26.0 Å². The Bertz CT molecular complexity index is 1290. The zero-order valence-electron chi connectivity index (χ0n) is 16.7. The van der Waals surface area contributed by atoms with Gasteiger partial charge >= 0.3 is 15.6 Å². The third-order valence-electron chi connectivity index (χ3n) is 4.53. The molecular formula is C20H16F3IO4S3. The Morgan fingerprint density at radius 3 is 2.19 bits per heavy atom. The molecule has 0 atom stereocenters. The molecular weight excluding hydrogens is 584 g/mol. The molecule has 1 aromatic heterocycles. The van der Waals surface area contributed by atoms with Gasteiger partial charge in [-0.05, 0) is 72.9 Å². The number of hydrogen-bond donors (Lipinski definition) is 0. The van der Waals surface area contributed by atoms with Crippen LogP contribution in [0, 0.1) is 24.3 Å². The molecule has 0 aliphatic heterocycles. The Labute approximate surface area is 199 Å². The van der Waals surface area contributed by atoms with Crippen molar-refractivity contribution < 1.29 is 30.6 Å². The van der Waals surface area contributed by atoms with Gasteiger partial charge in [-0.1, -0.05) is 17.7 Å². The van der Waals surface area contributed by atoms with Gasteiger partial charge in [0.25, 0.3) is 0 Å². The number of ketones is 1. The summed E-state index contributed by atoms with van der Waals surface area (Å²) < 4.78 is 66.7. The monoisotopic (exact) mass is 600 g/mol. The predicted molar refractivity (Wildman–Crippen MR) is 126 cm³/mol. The van der Waals surface area contributed by atoms with Gasteiger partial charge in [0.1, 0.15) is 0 Å². The normalized spacial score (nSPS) is 12.4. The SMILES string of the molecule is CSc1sc2c(I)c(OS(=O)(=O)C(F)(F)F)ccc2c1C(=O)c1c(C)cc(C)cc1C. The number of aryl methyl sites for hydroxylation is 3. The Morgan fingerprint density at radius 2 is 1.68 bits per heavy atom. The maximum Gasteiger partial charge on any atom is 0.534 e. The second kappa shape index (κ2) is 8.56. The molecule has 1 heterocycles. The van der Waals surface area contributed by atoms with Crippen molar-refractivity contribution in [2.45, 2.75) is 30.5 Å². The topological polar surface area (TPSA) is 60.4 Å². The molecule has 31 heavy (non-hydrogen) atoms. The fourth-order valence-electron chi connectivity index (χ4n) is 3.34. The second-order valence-electron chi connectivity index (χ2n) is 6.81. The zero-order valence-corrected chi connectivity index (χ0v) is 21.3. The van der Waals surface area contributed by atoms with Crippen molar-refractivity contribution in [2.24, 2.45) is 0 Å². The minimum atomic E-state index is -5.80. The standard InChI is InChI=1S/C20H16F3IO4S3/c1-9-7-10(2)14(11(3)8-9)17(25)15-12-5-6-13(28-31(26,27)20(21,22)23)16(24)18(12)30-19(15)29-4/h5-8H,1-4H3. The number of hydrogen-bond acceptors (Lipinski definition) is 6. The summed E-state index contributed by atoms with van der Waals surface area (Å²) in [5, 5.41) is 0.542. The number of thioether (sulfide) groups is 1. The smallest absolute Gasteiger partial charge is 0.375 e. The molecule has 0 saturated carbocycles. The summed E-state index contributed by atoms with van der Waals surface area (Å²) in [4.78, 5) is 13.5. The van der Waals surface area contributed by atoms with Crippen LogP contribution in [0.25, 0.3) is 10.1 Å². The molecule has 0 unspecified atom stereocenters. The average Bonchev–Trinajstić information content (AvgIpc) is 3.01. The van der Waals surface area contributed by atoms with Crippen LogP contribution in [0.2, 0.25) is 0 Å². The van der Waals surface area contributed by atoms with E-state index in [0.717, 1.165) is 22.8 Å². The molecule has 0 aliphatic rings. The molecule has 0 aliphatic carbocycles. The fraction of sp³-hybridized carbons (Fsp3) is 0.250. The lowest BCUT2D eigenvalue weighted by Crippen LogP contribution is -2.28. The van der Waals surface area contributed by atoms with E-state index < -0.39 is 21.4 Å². The number of carbonyl (C=O) groups is 1. The van der Waals surface area contributed by atoms with E-state index >= 15 is 0 Å².